The Labute approximate surface area is 124 Å². The van der Waals surface area contributed by atoms with Crippen LogP contribution in [0.1, 0.15) is 17.3 Å². The van der Waals surface area contributed by atoms with Crippen molar-refractivity contribution in [3.63, 3.8) is 0 Å². The van der Waals surface area contributed by atoms with Gasteiger partial charge in [-0.1, -0.05) is 18.2 Å². The largest absolute Gasteiger partial charge is 0.497 e. The molecule has 21 heavy (non-hydrogen) atoms. The Morgan fingerprint density at radius 3 is 2.10 bits per heavy atom. The van der Waals surface area contributed by atoms with Gasteiger partial charge in [-0.2, -0.15) is 0 Å². The smallest absolute Gasteiger partial charge is 0.188 e. The number of carbonyl (C=O) groups excluding carboxylic acids is 1. The number of hydrogen-bond donors (Lipinski definition) is 0. The molecule has 5 heteroatoms. The molecule has 0 aliphatic carbocycles. The standard InChI is InChI=1S/C16H16O4S/c1-12(21(18,19)15-6-4-3-5-7-15)16(17)13-8-10-14(20-2)11-9-13/h3-12H,1-2H3. The van der Waals surface area contributed by atoms with E-state index < -0.39 is 20.9 Å². The van der Waals surface area contributed by atoms with Crippen molar-refractivity contribution < 1.29 is 17.9 Å². The van der Waals surface area contributed by atoms with Gasteiger partial charge in [-0.05, 0) is 43.3 Å². The molecule has 2 aromatic carbocycles. The molecule has 0 saturated carbocycles. The highest BCUT2D eigenvalue weighted by Gasteiger charge is 2.30. The summed E-state index contributed by atoms with van der Waals surface area (Å²) < 4.78 is 29.9. The van der Waals surface area contributed by atoms with Crippen molar-refractivity contribution in [3.8, 4) is 5.75 Å². The number of hydrogen-bond acceptors (Lipinski definition) is 4. The third-order valence-corrected chi connectivity index (χ3v) is 5.36. The van der Waals surface area contributed by atoms with E-state index in [1.165, 1.54) is 26.2 Å². The van der Waals surface area contributed by atoms with Crippen molar-refractivity contribution in [2.45, 2.75) is 17.1 Å². The highest BCUT2D eigenvalue weighted by molar-refractivity contribution is 7.92. The zero-order chi connectivity index (χ0) is 15.5. The fourth-order valence-corrected chi connectivity index (χ4v) is 3.31. The van der Waals surface area contributed by atoms with E-state index in [1.54, 1.807) is 42.5 Å². The zero-order valence-electron chi connectivity index (χ0n) is 11.8. The lowest BCUT2D eigenvalue weighted by Gasteiger charge is -2.12. The Morgan fingerprint density at radius 1 is 1.00 bits per heavy atom. The summed E-state index contributed by atoms with van der Waals surface area (Å²) in [6, 6.07) is 14.4. The molecule has 0 saturated heterocycles. The SMILES string of the molecule is COc1ccc(C(=O)C(C)S(=O)(=O)c2ccccc2)cc1. The summed E-state index contributed by atoms with van der Waals surface area (Å²) in [5.41, 5.74) is 0.350. The van der Waals surface area contributed by atoms with E-state index >= 15 is 0 Å². The minimum atomic E-state index is -3.68. The van der Waals surface area contributed by atoms with Crippen LogP contribution >= 0.6 is 0 Å². The molecule has 1 unspecified atom stereocenters. The predicted octanol–water partition coefficient (Wildman–Crippen LogP) is 2.74. The number of benzene rings is 2. The number of Topliss-reactive ketones (excluding diaryl/α,β-unsaturated/α-hetero) is 1. The van der Waals surface area contributed by atoms with Crippen molar-refractivity contribution in [1.29, 1.82) is 0 Å². The van der Waals surface area contributed by atoms with E-state index in [9.17, 15) is 13.2 Å². The van der Waals surface area contributed by atoms with Gasteiger partial charge in [0.2, 0.25) is 0 Å². The van der Waals surface area contributed by atoms with Crippen molar-refractivity contribution >= 4 is 15.6 Å². The van der Waals surface area contributed by atoms with Crippen LogP contribution in [-0.2, 0) is 9.84 Å². The van der Waals surface area contributed by atoms with Gasteiger partial charge in [0.15, 0.2) is 15.6 Å². The Kier molecular flexibility index (Phi) is 4.43. The molecule has 0 heterocycles. The summed E-state index contributed by atoms with van der Waals surface area (Å²) in [4.78, 5) is 12.5. The molecule has 0 fully saturated rings. The number of rotatable bonds is 5. The second-order valence-corrected chi connectivity index (χ2v) is 6.86. The Bertz CT molecular complexity index is 719. The first-order valence-electron chi connectivity index (χ1n) is 6.44. The molecule has 1 atom stereocenters. The van der Waals surface area contributed by atoms with Crippen LogP contribution in [0.2, 0.25) is 0 Å². The average molecular weight is 304 g/mol. The van der Waals surface area contributed by atoms with E-state index in [4.69, 9.17) is 4.74 Å². The second kappa shape index (κ2) is 6.10. The normalized spacial score (nSPS) is 12.7. The third kappa shape index (κ3) is 3.13. The maximum atomic E-state index is 12.4. The Hall–Kier alpha value is -2.14. The lowest BCUT2D eigenvalue weighted by Crippen LogP contribution is -2.27. The predicted molar refractivity (Wildman–Crippen MR) is 80.4 cm³/mol. The fourth-order valence-electron chi connectivity index (χ4n) is 1.95. The van der Waals surface area contributed by atoms with Gasteiger partial charge in [-0.3, -0.25) is 4.79 Å². The van der Waals surface area contributed by atoms with Gasteiger partial charge < -0.3 is 4.74 Å². The molecular weight excluding hydrogens is 288 g/mol. The van der Waals surface area contributed by atoms with Crippen LogP contribution < -0.4 is 4.74 Å². The number of ether oxygens (including phenoxy) is 1. The van der Waals surface area contributed by atoms with Gasteiger partial charge in [0.1, 0.15) is 11.0 Å². The molecule has 2 rings (SSSR count). The summed E-state index contributed by atoms with van der Waals surface area (Å²) >= 11 is 0. The maximum Gasteiger partial charge on any atom is 0.188 e. The van der Waals surface area contributed by atoms with Gasteiger partial charge in [0.05, 0.1) is 12.0 Å². The molecule has 4 nitrogen and oxygen atoms in total. The van der Waals surface area contributed by atoms with Gasteiger partial charge >= 0.3 is 0 Å². The highest BCUT2D eigenvalue weighted by Crippen LogP contribution is 2.20. The van der Waals surface area contributed by atoms with Gasteiger partial charge in [-0.15, -0.1) is 0 Å². The molecule has 110 valence electrons. The molecule has 0 N–H and O–H groups in total. The monoisotopic (exact) mass is 304 g/mol. The Morgan fingerprint density at radius 2 is 1.57 bits per heavy atom. The van der Waals surface area contributed by atoms with Crippen LogP contribution in [0.25, 0.3) is 0 Å². The van der Waals surface area contributed by atoms with E-state index in [-0.39, 0.29) is 4.90 Å². The van der Waals surface area contributed by atoms with Crippen LogP contribution in [0.15, 0.2) is 59.5 Å². The highest BCUT2D eigenvalue weighted by atomic mass is 32.2. The number of ketones is 1. The van der Waals surface area contributed by atoms with Crippen LogP contribution in [0.3, 0.4) is 0 Å². The molecule has 0 spiro atoms. The van der Waals surface area contributed by atoms with Crippen LogP contribution in [0, 0.1) is 0 Å². The minimum Gasteiger partial charge on any atom is -0.497 e. The summed E-state index contributed by atoms with van der Waals surface area (Å²) in [6.07, 6.45) is 0. The van der Waals surface area contributed by atoms with Gasteiger partial charge in [0.25, 0.3) is 0 Å². The summed E-state index contributed by atoms with van der Waals surface area (Å²) in [6.45, 7) is 1.41. The average Bonchev–Trinajstić information content (AvgIpc) is 2.54. The molecule has 2 aromatic rings. The van der Waals surface area contributed by atoms with E-state index in [1.807, 2.05) is 0 Å². The maximum absolute atomic E-state index is 12.4. The van der Waals surface area contributed by atoms with E-state index in [0.29, 0.717) is 11.3 Å². The zero-order valence-corrected chi connectivity index (χ0v) is 12.6. The lowest BCUT2D eigenvalue weighted by molar-refractivity contribution is 0.0991. The summed E-state index contributed by atoms with van der Waals surface area (Å²) in [7, 11) is -2.16. The van der Waals surface area contributed by atoms with Crippen LogP contribution in [-0.4, -0.2) is 26.6 Å². The molecular formula is C16H16O4S. The lowest BCUT2D eigenvalue weighted by atomic mass is 10.1. The van der Waals surface area contributed by atoms with Gasteiger partial charge in [-0.25, -0.2) is 8.42 Å². The summed E-state index contributed by atoms with van der Waals surface area (Å²) in [5.74, 6) is 0.187. The molecule has 0 aliphatic heterocycles. The molecule has 0 aliphatic rings. The first-order valence-corrected chi connectivity index (χ1v) is 7.98. The first kappa shape index (κ1) is 15.3. The summed E-state index contributed by atoms with van der Waals surface area (Å²) in [5, 5.41) is -1.13. The van der Waals surface area contributed by atoms with Crippen LogP contribution in [0.5, 0.6) is 5.75 Å². The van der Waals surface area contributed by atoms with Crippen molar-refractivity contribution in [2.24, 2.45) is 0 Å². The van der Waals surface area contributed by atoms with Crippen molar-refractivity contribution in [2.75, 3.05) is 7.11 Å². The molecule has 0 amide bonds. The van der Waals surface area contributed by atoms with Gasteiger partial charge in [0, 0.05) is 5.56 Å². The minimum absolute atomic E-state index is 0.152. The number of carbonyl (C=O) groups is 1. The first-order chi connectivity index (χ1) is 9.96. The van der Waals surface area contributed by atoms with Crippen molar-refractivity contribution in [3.05, 3.63) is 60.2 Å². The van der Waals surface area contributed by atoms with E-state index in [0.717, 1.165) is 0 Å². The number of sulfone groups is 1. The van der Waals surface area contributed by atoms with E-state index in [2.05, 4.69) is 0 Å². The second-order valence-electron chi connectivity index (χ2n) is 4.59. The molecule has 0 radical (unpaired) electrons. The van der Waals surface area contributed by atoms with Crippen LogP contribution in [0.4, 0.5) is 0 Å². The Balaban J connectivity index is 2.30. The van der Waals surface area contributed by atoms with Crippen molar-refractivity contribution in [1.82, 2.24) is 0 Å². The quantitative estimate of drug-likeness (QED) is 0.797. The topological polar surface area (TPSA) is 60.4 Å². The number of methoxy groups -OCH3 is 1. The molecule has 0 aromatic heterocycles. The third-order valence-electron chi connectivity index (χ3n) is 3.28. The fraction of sp³-hybridized carbons (Fsp3) is 0.188. The molecule has 0 bridgehead atoms.